The Balaban J connectivity index is 2.81. The molecule has 176 valence electrons. The molecule has 1 fully saturated rings. The Morgan fingerprint density at radius 3 is 1.93 bits per heavy atom. The molecule has 8 heteroatoms. The summed E-state index contributed by atoms with van der Waals surface area (Å²) in [6.45, 7) is 22.6. The summed E-state index contributed by atoms with van der Waals surface area (Å²) in [5.74, 6) is -0.410. The number of hydrogen-bond donors (Lipinski definition) is 0. The fourth-order valence-corrected chi connectivity index (χ4v) is 3.82. The van der Waals surface area contributed by atoms with Crippen molar-refractivity contribution in [2.75, 3.05) is 19.8 Å². The van der Waals surface area contributed by atoms with Crippen molar-refractivity contribution in [1.29, 1.82) is 0 Å². The predicted octanol–water partition coefficient (Wildman–Crippen LogP) is 4.74. The van der Waals surface area contributed by atoms with Crippen molar-refractivity contribution < 1.29 is 28.2 Å². The van der Waals surface area contributed by atoms with E-state index in [-0.39, 0.29) is 29.9 Å². The molecule has 1 rings (SSSR count). The van der Waals surface area contributed by atoms with Gasteiger partial charge in [0.2, 0.25) is 0 Å². The largest absolute Gasteiger partial charge is 0.458 e. The minimum absolute atomic E-state index is 0.0783. The molecular weight excluding hydrogens is 402 g/mol. The standard InChI is InChI=1S/C22H43NO6Si/c1-20(2,3)28-18(24)15-26-17-12-16(14-27-30(10,11)22(7,8)9)23(13-17)19(25)29-21(4,5)6/h16-17H,12-15H2,1-11H3/t16-,17+/m0/s1. The molecule has 7 nitrogen and oxygen atoms in total. The summed E-state index contributed by atoms with van der Waals surface area (Å²) in [4.78, 5) is 26.5. The molecule has 1 aliphatic rings. The highest BCUT2D eigenvalue weighted by Crippen LogP contribution is 2.37. The molecule has 0 aliphatic carbocycles. The van der Waals surface area contributed by atoms with Crippen molar-refractivity contribution in [2.45, 2.75) is 110 Å². The fraction of sp³-hybridized carbons (Fsp3) is 0.909. The first-order valence-corrected chi connectivity index (χ1v) is 13.7. The van der Waals surface area contributed by atoms with Crippen LogP contribution in [-0.4, -0.2) is 68.4 Å². The Hall–Kier alpha value is -1.12. The molecule has 1 saturated heterocycles. The van der Waals surface area contributed by atoms with E-state index in [0.29, 0.717) is 19.6 Å². The number of nitrogens with zero attached hydrogens (tertiary/aromatic N) is 1. The van der Waals surface area contributed by atoms with Crippen LogP contribution in [-0.2, 0) is 23.4 Å². The molecule has 0 aromatic rings. The Kier molecular flexibility index (Phi) is 8.58. The average Bonchev–Trinajstić information content (AvgIpc) is 2.90. The molecule has 1 aliphatic heterocycles. The van der Waals surface area contributed by atoms with Crippen molar-refractivity contribution in [2.24, 2.45) is 0 Å². The highest BCUT2D eigenvalue weighted by atomic mass is 28.4. The number of ether oxygens (including phenoxy) is 3. The van der Waals surface area contributed by atoms with Crippen LogP contribution in [0, 0.1) is 0 Å². The van der Waals surface area contributed by atoms with Gasteiger partial charge in [0, 0.05) is 0 Å². The maximum atomic E-state index is 12.8. The van der Waals surface area contributed by atoms with Gasteiger partial charge in [0.25, 0.3) is 0 Å². The lowest BCUT2D eigenvalue weighted by atomic mass is 10.2. The average molecular weight is 446 g/mol. The fourth-order valence-electron chi connectivity index (χ4n) is 2.77. The van der Waals surface area contributed by atoms with Gasteiger partial charge in [-0.15, -0.1) is 0 Å². The number of esters is 1. The summed E-state index contributed by atoms with van der Waals surface area (Å²) < 4.78 is 23.0. The first-order chi connectivity index (χ1) is 13.3. The van der Waals surface area contributed by atoms with Crippen LogP contribution >= 0.6 is 0 Å². The van der Waals surface area contributed by atoms with Gasteiger partial charge in [-0.25, -0.2) is 9.59 Å². The van der Waals surface area contributed by atoms with E-state index in [1.807, 2.05) is 41.5 Å². The molecule has 1 amide bonds. The highest BCUT2D eigenvalue weighted by Gasteiger charge is 2.42. The van der Waals surface area contributed by atoms with Gasteiger partial charge in [-0.2, -0.15) is 0 Å². The van der Waals surface area contributed by atoms with Crippen LogP contribution in [0.3, 0.4) is 0 Å². The van der Waals surface area contributed by atoms with Crippen LogP contribution < -0.4 is 0 Å². The minimum atomic E-state index is -1.96. The Morgan fingerprint density at radius 2 is 1.47 bits per heavy atom. The van der Waals surface area contributed by atoms with Gasteiger partial charge in [-0.3, -0.25) is 0 Å². The Bertz CT molecular complexity index is 600. The van der Waals surface area contributed by atoms with E-state index < -0.39 is 25.5 Å². The number of carbonyl (C=O) groups excluding carboxylic acids is 2. The van der Waals surface area contributed by atoms with Gasteiger partial charge in [0.15, 0.2) is 8.32 Å². The van der Waals surface area contributed by atoms with Crippen LogP contribution in [0.15, 0.2) is 0 Å². The zero-order valence-corrected chi connectivity index (χ0v) is 21.9. The third kappa shape index (κ3) is 8.94. The van der Waals surface area contributed by atoms with Gasteiger partial charge < -0.3 is 23.5 Å². The smallest absolute Gasteiger partial charge is 0.410 e. The van der Waals surface area contributed by atoms with E-state index in [1.54, 1.807) is 4.90 Å². The molecular formula is C22H43NO6Si. The topological polar surface area (TPSA) is 74.3 Å². The second kappa shape index (κ2) is 9.57. The zero-order chi connectivity index (χ0) is 23.5. The molecule has 2 atom stereocenters. The molecule has 0 aromatic carbocycles. The third-order valence-electron chi connectivity index (χ3n) is 5.30. The van der Waals surface area contributed by atoms with E-state index in [4.69, 9.17) is 18.6 Å². The molecule has 0 spiro atoms. The molecule has 1 heterocycles. The Morgan fingerprint density at radius 1 is 0.933 bits per heavy atom. The van der Waals surface area contributed by atoms with E-state index >= 15 is 0 Å². The normalized spacial score (nSPS) is 21.0. The number of rotatable bonds is 6. The molecule has 0 radical (unpaired) electrons. The van der Waals surface area contributed by atoms with Crippen LogP contribution in [0.25, 0.3) is 0 Å². The van der Waals surface area contributed by atoms with Gasteiger partial charge in [0.1, 0.15) is 17.8 Å². The zero-order valence-electron chi connectivity index (χ0n) is 20.9. The summed E-state index contributed by atoms with van der Waals surface area (Å²) in [6.07, 6.45) is -0.0517. The predicted molar refractivity (Wildman–Crippen MR) is 120 cm³/mol. The second-order valence-corrected chi connectivity index (χ2v) is 16.4. The van der Waals surface area contributed by atoms with Gasteiger partial charge in [-0.1, -0.05) is 20.8 Å². The van der Waals surface area contributed by atoms with Gasteiger partial charge in [0.05, 0.1) is 25.3 Å². The summed E-state index contributed by atoms with van der Waals surface area (Å²) >= 11 is 0. The maximum absolute atomic E-state index is 12.8. The molecule has 30 heavy (non-hydrogen) atoms. The summed E-state index contributed by atoms with van der Waals surface area (Å²) in [5, 5.41) is 0.0783. The van der Waals surface area contributed by atoms with Gasteiger partial charge in [-0.05, 0) is 66.1 Å². The maximum Gasteiger partial charge on any atom is 0.410 e. The molecule has 0 bridgehead atoms. The quantitative estimate of drug-likeness (QED) is 0.434. The van der Waals surface area contributed by atoms with E-state index in [1.165, 1.54) is 0 Å². The SMILES string of the molecule is CC(C)(C)OC(=O)CO[C@@H]1C[C@@H](CO[Si](C)(C)C(C)(C)C)N(C(=O)OC(C)(C)C)C1. The monoisotopic (exact) mass is 445 g/mol. The van der Waals surface area contributed by atoms with Crippen LogP contribution in [0.4, 0.5) is 4.79 Å². The summed E-state index contributed by atoms with van der Waals surface area (Å²) in [6, 6.07) is -0.155. The lowest BCUT2D eigenvalue weighted by Crippen LogP contribution is -2.46. The number of amides is 1. The number of likely N-dealkylation sites (tertiary alicyclic amines) is 1. The molecule has 0 N–H and O–H groups in total. The molecule has 0 aromatic heterocycles. The van der Waals surface area contributed by atoms with Crippen molar-refractivity contribution in [3.05, 3.63) is 0 Å². The van der Waals surface area contributed by atoms with Crippen LogP contribution in [0.2, 0.25) is 18.1 Å². The summed E-state index contributed by atoms with van der Waals surface area (Å²) in [5.41, 5.74) is -1.14. The van der Waals surface area contributed by atoms with Crippen molar-refractivity contribution in [1.82, 2.24) is 4.90 Å². The number of carbonyl (C=O) groups is 2. The van der Waals surface area contributed by atoms with Crippen molar-refractivity contribution in [3.8, 4) is 0 Å². The summed E-state index contributed by atoms with van der Waals surface area (Å²) in [7, 11) is -1.96. The van der Waals surface area contributed by atoms with E-state index in [9.17, 15) is 9.59 Å². The first kappa shape index (κ1) is 26.9. The van der Waals surface area contributed by atoms with Crippen LogP contribution in [0.1, 0.15) is 68.7 Å². The van der Waals surface area contributed by atoms with Gasteiger partial charge >= 0.3 is 12.1 Å². The lowest BCUT2D eigenvalue weighted by molar-refractivity contribution is -0.162. The first-order valence-electron chi connectivity index (χ1n) is 10.8. The molecule has 0 unspecified atom stereocenters. The van der Waals surface area contributed by atoms with E-state index in [2.05, 4.69) is 33.9 Å². The molecule has 0 saturated carbocycles. The lowest BCUT2D eigenvalue weighted by Gasteiger charge is -2.38. The van der Waals surface area contributed by atoms with Crippen LogP contribution in [0.5, 0.6) is 0 Å². The minimum Gasteiger partial charge on any atom is -0.458 e. The number of hydrogen-bond acceptors (Lipinski definition) is 6. The van der Waals surface area contributed by atoms with Crippen molar-refractivity contribution in [3.63, 3.8) is 0 Å². The highest BCUT2D eigenvalue weighted by molar-refractivity contribution is 6.74. The Labute approximate surface area is 183 Å². The second-order valence-electron chi connectivity index (χ2n) is 11.6. The van der Waals surface area contributed by atoms with E-state index in [0.717, 1.165) is 0 Å². The third-order valence-corrected chi connectivity index (χ3v) is 9.80. The van der Waals surface area contributed by atoms with Crippen molar-refractivity contribution >= 4 is 20.4 Å².